The molecule has 1 fully saturated rings. The molecule has 1 heterocycles. The molecule has 1 aliphatic rings. The van der Waals surface area contributed by atoms with Crippen LogP contribution in [0.15, 0.2) is 24.3 Å². The molecule has 1 aromatic carbocycles. The SMILES string of the molecule is Cc1ccccc1NS(=O)(=O)CC1CCCCN1. The summed E-state index contributed by atoms with van der Waals surface area (Å²) >= 11 is 0. The molecule has 1 saturated heterocycles. The fourth-order valence-electron chi connectivity index (χ4n) is 2.23. The fourth-order valence-corrected chi connectivity index (χ4v) is 3.69. The van der Waals surface area contributed by atoms with Crippen molar-refractivity contribution < 1.29 is 8.42 Å². The summed E-state index contributed by atoms with van der Waals surface area (Å²) in [5.74, 6) is 0.154. The molecule has 1 aliphatic heterocycles. The summed E-state index contributed by atoms with van der Waals surface area (Å²) in [5.41, 5.74) is 1.62. The molecule has 1 unspecified atom stereocenters. The summed E-state index contributed by atoms with van der Waals surface area (Å²) in [6.07, 6.45) is 3.19. The minimum Gasteiger partial charge on any atom is -0.313 e. The molecule has 0 aliphatic carbocycles. The minimum atomic E-state index is -3.27. The van der Waals surface area contributed by atoms with Crippen LogP contribution in [-0.4, -0.2) is 26.8 Å². The second-order valence-electron chi connectivity index (χ2n) is 4.85. The zero-order valence-corrected chi connectivity index (χ0v) is 11.5. The summed E-state index contributed by atoms with van der Waals surface area (Å²) < 4.78 is 26.8. The van der Waals surface area contributed by atoms with Crippen LogP contribution in [0.2, 0.25) is 0 Å². The number of hydrogen-bond acceptors (Lipinski definition) is 3. The second kappa shape index (κ2) is 5.71. The Labute approximate surface area is 109 Å². The lowest BCUT2D eigenvalue weighted by molar-refractivity contribution is 0.424. The van der Waals surface area contributed by atoms with Gasteiger partial charge in [0.15, 0.2) is 0 Å². The van der Waals surface area contributed by atoms with Gasteiger partial charge < -0.3 is 5.32 Å². The van der Waals surface area contributed by atoms with Crippen molar-refractivity contribution >= 4 is 15.7 Å². The highest BCUT2D eigenvalue weighted by Crippen LogP contribution is 2.16. The maximum atomic E-state index is 12.1. The third-order valence-corrected chi connectivity index (χ3v) is 4.62. The van der Waals surface area contributed by atoms with Gasteiger partial charge in [0.1, 0.15) is 0 Å². The smallest absolute Gasteiger partial charge is 0.234 e. The monoisotopic (exact) mass is 268 g/mol. The molecule has 4 nitrogen and oxygen atoms in total. The molecule has 0 saturated carbocycles. The number of aryl methyl sites for hydroxylation is 1. The van der Waals surface area contributed by atoms with Gasteiger partial charge in [-0.05, 0) is 37.9 Å². The number of benzene rings is 1. The van der Waals surface area contributed by atoms with Gasteiger partial charge in [0.2, 0.25) is 10.0 Å². The topological polar surface area (TPSA) is 58.2 Å². The van der Waals surface area contributed by atoms with E-state index in [4.69, 9.17) is 0 Å². The van der Waals surface area contributed by atoms with Crippen LogP contribution in [0, 0.1) is 6.92 Å². The van der Waals surface area contributed by atoms with Crippen LogP contribution >= 0.6 is 0 Å². The molecular weight excluding hydrogens is 248 g/mol. The van der Waals surface area contributed by atoms with Crippen LogP contribution in [0.4, 0.5) is 5.69 Å². The molecule has 1 aromatic rings. The number of para-hydroxylation sites is 1. The van der Waals surface area contributed by atoms with Gasteiger partial charge in [-0.25, -0.2) is 8.42 Å². The molecule has 100 valence electrons. The number of rotatable bonds is 4. The molecule has 2 N–H and O–H groups in total. The third kappa shape index (κ3) is 3.71. The van der Waals surface area contributed by atoms with E-state index in [-0.39, 0.29) is 11.8 Å². The summed E-state index contributed by atoms with van der Waals surface area (Å²) in [7, 11) is -3.27. The summed E-state index contributed by atoms with van der Waals surface area (Å²) in [5, 5.41) is 3.26. The lowest BCUT2D eigenvalue weighted by Crippen LogP contribution is -2.40. The lowest BCUT2D eigenvalue weighted by Gasteiger charge is -2.23. The predicted octanol–water partition coefficient (Wildman–Crippen LogP) is 1.88. The number of sulfonamides is 1. The first-order valence-electron chi connectivity index (χ1n) is 6.36. The fraction of sp³-hybridized carbons (Fsp3) is 0.538. The van der Waals surface area contributed by atoms with Gasteiger partial charge in [-0.15, -0.1) is 0 Å². The van der Waals surface area contributed by atoms with Crippen LogP contribution < -0.4 is 10.0 Å². The van der Waals surface area contributed by atoms with Gasteiger partial charge in [0.05, 0.1) is 11.4 Å². The quantitative estimate of drug-likeness (QED) is 0.876. The highest BCUT2D eigenvalue weighted by Gasteiger charge is 2.21. The van der Waals surface area contributed by atoms with Crippen LogP contribution in [0.5, 0.6) is 0 Å². The van der Waals surface area contributed by atoms with Gasteiger partial charge in [-0.2, -0.15) is 0 Å². The zero-order valence-electron chi connectivity index (χ0n) is 10.6. The van der Waals surface area contributed by atoms with E-state index >= 15 is 0 Å². The Morgan fingerprint density at radius 2 is 2.11 bits per heavy atom. The number of nitrogens with one attached hydrogen (secondary N) is 2. The molecule has 5 heteroatoms. The maximum Gasteiger partial charge on any atom is 0.234 e. The highest BCUT2D eigenvalue weighted by molar-refractivity contribution is 7.92. The Morgan fingerprint density at radius 3 is 2.78 bits per heavy atom. The number of piperidine rings is 1. The Balaban J connectivity index is 2.01. The molecule has 1 atom stereocenters. The zero-order chi connectivity index (χ0) is 13.0. The Hall–Kier alpha value is -1.07. The molecule has 0 bridgehead atoms. The average Bonchev–Trinajstić information content (AvgIpc) is 2.32. The van der Waals surface area contributed by atoms with E-state index < -0.39 is 10.0 Å². The number of anilines is 1. The molecule has 2 rings (SSSR count). The average molecular weight is 268 g/mol. The normalized spacial score (nSPS) is 20.6. The van der Waals surface area contributed by atoms with E-state index in [0.717, 1.165) is 31.4 Å². The summed E-state index contributed by atoms with van der Waals surface area (Å²) in [6.45, 7) is 2.82. The van der Waals surface area contributed by atoms with E-state index in [0.29, 0.717) is 5.69 Å². The van der Waals surface area contributed by atoms with E-state index in [2.05, 4.69) is 10.0 Å². The van der Waals surface area contributed by atoms with E-state index in [1.54, 1.807) is 6.07 Å². The molecule has 18 heavy (non-hydrogen) atoms. The lowest BCUT2D eigenvalue weighted by atomic mass is 10.1. The van der Waals surface area contributed by atoms with Gasteiger partial charge in [-0.3, -0.25) is 4.72 Å². The van der Waals surface area contributed by atoms with Crippen molar-refractivity contribution in [2.45, 2.75) is 32.2 Å². The first-order valence-corrected chi connectivity index (χ1v) is 8.01. The van der Waals surface area contributed by atoms with Gasteiger partial charge in [-0.1, -0.05) is 24.6 Å². The molecule has 0 aromatic heterocycles. The summed E-state index contributed by atoms with van der Waals surface area (Å²) in [6, 6.07) is 7.51. The molecule has 0 spiro atoms. The van der Waals surface area contributed by atoms with Crippen LogP contribution in [0.1, 0.15) is 24.8 Å². The van der Waals surface area contributed by atoms with Crippen molar-refractivity contribution in [3.8, 4) is 0 Å². The van der Waals surface area contributed by atoms with E-state index in [9.17, 15) is 8.42 Å². The van der Waals surface area contributed by atoms with Gasteiger partial charge in [0, 0.05) is 6.04 Å². The third-order valence-electron chi connectivity index (χ3n) is 3.24. The van der Waals surface area contributed by atoms with Crippen LogP contribution in [0.3, 0.4) is 0 Å². The minimum absolute atomic E-state index is 0.0836. The molecule has 0 amide bonds. The summed E-state index contributed by atoms with van der Waals surface area (Å²) in [4.78, 5) is 0. The van der Waals surface area contributed by atoms with Crippen molar-refractivity contribution in [2.75, 3.05) is 17.0 Å². The standard InChI is InChI=1S/C13H20N2O2S/c1-11-6-2-3-8-13(11)15-18(16,17)10-12-7-4-5-9-14-12/h2-3,6,8,12,14-15H,4-5,7,9-10H2,1H3. The Bertz CT molecular complexity index is 493. The van der Waals surface area contributed by atoms with E-state index in [1.807, 2.05) is 25.1 Å². The van der Waals surface area contributed by atoms with Crippen LogP contribution in [0.25, 0.3) is 0 Å². The first kappa shape index (κ1) is 13.4. The van der Waals surface area contributed by atoms with Gasteiger partial charge >= 0.3 is 0 Å². The van der Waals surface area contributed by atoms with Crippen molar-refractivity contribution in [3.05, 3.63) is 29.8 Å². The van der Waals surface area contributed by atoms with Crippen molar-refractivity contribution in [1.29, 1.82) is 0 Å². The van der Waals surface area contributed by atoms with Crippen molar-refractivity contribution in [3.63, 3.8) is 0 Å². The Kier molecular flexibility index (Phi) is 4.24. The predicted molar refractivity (Wildman–Crippen MR) is 74.2 cm³/mol. The Morgan fingerprint density at radius 1 is 1.33 bits per heavy atom. The van der Waals surface area contributed by atoms with Crippen molar-refractivity contribution in [1.82, 2.24) is 5.32 Å². The number of hydrogen-bond donors (Lipinski definition) is 2. The highest BCUT2D eigenvalue weighted by atomic mass is 32.2. The first-order chi connectivity index (χ1) is 8.57. The largest absolute Gasteiger partial charge is 0.313 e. The van der Waals surface area contributed by atoms with E-state index in [1.165, 1.54) is 0 Å². The molecular formula is C13H20N2O2S. The second-order valence-corrected chi connectivity index (χ2v) is 6.61. The van der Waals surface area contributed by atoms with Gasteiger partial charge in [0.25, 0.3) is 0 Å². The van der Waals surface area contributed by atoms with Crippen molar-refractivity contribution in [2.24, 2.45) is 0 Å². The maximum absolute atomic E-state index is 12.1. The molecule has 0 radical (unpaired) electrons. The van der Waals surface area contributed by atoms with Crippen LogP contribution in [-0.2, 0) is 10.0 Å².